The van der Waals surface area contributed by atoms with Crippen molar-refractivity contribution in [3.63, 3.8) is 0 Å². The first kappa shape index (κ1) is 15.5. The molecule has 0 amide bonds. The van der Waals surface area contributed by atoms with Gasteiger partial charge in [-0.1, -0.05) is 23.2 Å². The molecule has 9 heteroatoms. The second-order valence-corrected chi connectivity index (χ2v) is 6.52. The Labute approximate surface area is 145 Å². The second kappa shape index (κ2) is 5.26. The summed E-state index contributed by atoms with van der Waals surface area (Å²) in [5.41, 5.74) is 1.99. The number of nitrogens with zero attached hydrogens (tertiary/aromatic N) is 4. The molecule has 24 heavy (non-hydrogen) atoms. The van der Waals surface area contributed by atoms with Gasteiger partial charge in [0, 0.05) is 23.0 Å². The SMILES string of the molecule is Cc1cc2nc(Nc3cnn(C4CC4(F)F)c3Cl)ncc2cc1Cl. The van der Waals surface area contributed by atoms with Crippen LogP contribution in [0.1, 0.15) is 18.0 Å². The van der Waals surface area contributed by atoms with E-state index in [2.05, 4.69) is 20.4 Å². The lowest BCUT2D eigenvalue weighted by molar-refractivity contribution is 0.0984. The van der Waals surface area contributed by atoms with Crippen LogP contribution in [0.3, 0.4) is 0 Å². The third-order valence-corrected chi connectivity index (χ3v) is 4.71. The number of alkyl halides is 2. The zero-order chi connectivity index (χ0) is 17.1. The van der Waals surface area contributed by atoms with Crippen molar-refractivity contribution in [2.75, 3.05) is 5.32 Å². The highest BCUT2D eigenvalue weighted by Gasteiger charge is 2.59. The Morgan fingerprint density at radius 2 is 2.04 bits per heavy atom. The maximum Gasteiger partial charge on any atom is 0.272 e. The van der Waals surface area contributed by atoms with E-state index in [0.717, 1.165) is 15.6 Å². The Morgan fingerprint density at radius 1 is 1.29 bits per heavy atom. The summed E-state index contributed by atoms with van der Waals surface area (Å²) in [6, 6.07) is 2.65. The molecule has 4 rings (SSSR count). The molecule has 1 N–H and O–H groups in total. The Balaban J connectivity index is 1.64. The van der Waals surface area contributed by atoms with Crippen molar-refractivity contribution in [1.29, 1.82) is 0 Å². The van der Waals surface area contributed by atoms with Crippen LogP contribution in [-0.2, 0) is 0 Å². The first-order chi connectivity index (χ1) is 11.3. The number of fused-ring (bicyclic) bond motifs is 1. The summed E-state index contributed by atoms with van der Waals surface area (Å²) in [6.45, 7) is 1.88. The Morgan fingerprint density at radius 3 is 2.75 bits per heavy atom. The molecule has 1 aromatic carbocycles. The van der Waals surface area contributed by atoms with E-state index in [1.165, 1.54) is 6.20 Å². The number of aromatic nitrogens is 4. The highest BCUT2D eigenvalue weighted by atomic mass is 35.5. The van der Waals surface area contributed by atoms with Crippen molar-refractivity contribution in [3.05, 3.63) is 40.3 Å². The van der Waals surface area contributed by atoms with Gasteiger partial charge in [-0.3, -0.25) is 0 Å². The Bertz CT molecular complexity index is 956. The molecule has 0 spiro atoms. The quantitative estimate of drug-likeness (QED) is 0.722. The van der Waals surface area contributed by atoms with Crippen LogP contribution in [0.25, 0.3) is 10.9 Å². The van der Waals surface area contributed by atoms with Gasteiger partial charge in [-0.2, -0.15) is 5.10 Å². The van der Waals surface area contributed by atoms with E-state index in [1.807, 2.05) is 13.0 Å². The molecule has 1 saturated carbocycles. The van der Waals surface area contributed by atoms with Crippen LogP contribution in [0.2, 0.25) is 10.2 Å². The first-order valence-corrected chi connectivity index (χ1v) is 7.91. The molecule has 2 heterocycles. The third kappa shape index (κ3) is 2.57. The van der Waals surface area contributed by atoms with Crippen LogP contribution < -0.4 is 5.32 Å². The van der Waals surface area contributed by atoms with Crippen molar-refractivity contribution in [2.45, 2.75) is 25.3 Å². The molecule has 1 atom stereocenters. The van der Waals surface area contributed by atoms with Gasteiger partial charge in [0.1, 0.15) is 6.04 Å². The second-order valence-electron chi connectivity index (χ2n) is 5.75. The highest BCUT2D eigenvalue weighted by Crippen LogP contribution is 2.53. The molecule has 1 aliphatic rings. The Hall–Kier alpha value is -1.99. The number of hydrogen-bond acceptors (Lipinski definition) is 4. The summed E-state index contributed by atoms with van der Waals surface area (Å²) < 4.78 is 27.5. The molecule has 1 unspecified atom stereocenters. The van der Waals surface area contributed by atoms with Crippen LogP contribution in [0.4, 0.5) is 20.4 Å². The third-order valence-electron chi connectivity index (χ3n) is 3.93. The smallest absolute Gasteiger partial charge is 0.272 e. The number of halogens is 4. The van der Waals surface area contributed by atoms with Crippen molar-refractivity contribution in [3.8, 4) is 0 Å². The maximum atomic E-state index is 13.2. The molecule has 124 valence electrons. The normalized spacial score (nSPS) is 18.8. The summed E-state index contributed by atoms with van der Waals surface area (Å²) in [4.78, 5) is 8.57. The first-order valence-electron chi connectivity index (χ1n) is 7.16. The van der Waals surface area contributed by atoms with Crippen LogP contribution >= 0.6 is 23.2 Å². The molecule has 0 bridgehead atoms. The van der Waals surface area contributed by atoms with Crippen LogP contribution in [0, 0.1) is 6.92 Å². The van der Waals surface area contributed by atoms with E-state index in [9.17, 15) is 8.78 Å². The van der Waals surface area contributed by atoms with Gasteiger partial charge in [-0.05, 0) is 24.6 Å². The van der Waals surface area contributed by atoms with Crippen LogP contribution in [0.5, 0.6) is 0 Å². The van der Waals surface area contributed by atoms with Crippen LogP contribution in [-0.4, -0.2) is 25.7 Å². The van der Waals surface area contributed by atoms with Crippen molar-refractivity contribution >= 4 is 45.7 Å². The summed E-state index contributed by atoms with van der Waals surface area (Å²) in [5, 5.41) is 8.39. The van der Waals surface area contributed by atoms with E-state index in [1.54, 1.807) is 12.3 Å². The lowest BCUT2D eigenvalue weighted by Gasteiger charge is -2.06. The lowest BCUT2D eigenvalue weighted by Crippen LogP contribution is -2.04. The summed E-state index contributed by atoms with van der Waals surface area (Å²) in [5.74, 6) is -2.45. The molecular formula is C15H11Cl2F2N5. The lowest BCUT2D eigenvalue weighted by atomic mass is 10.2. The predicted octanol–water partition coefficient (Wildman–Crippen LogP) is 4.77. The van der Waals surface area contributed by atoms with Crippen molar-refractivity contribution < 1.29 is 8.78 Å². The zero-order valence-electron chi connectivity index (χ0n) is 12.4. The maximum absolute atomic E-state index is 13.2. The number of benzene rings is 1. The predicted molar refractivity (Wildman–Crippen MR) is 88.4 cm³/mol. The minimum Gasteiger partial charge on any atom is -0.320 e. The minimum atomic E-state index is -2.75. The molecular weight excluding hydrogens is 359 g/mol. The van der Waals surface area contributed by atoms with Gasteiger partial charge in [-0.25, -0.2) is 23.4 Å². The molecule has 1 aliphatic carbocycles. The number of hydrogen-bond donors (Lipinski definition) is 1. The fourth-order valence-corrected chi connectivity index (χ4v) is 2.88. The monoisotopic (exact) mass is 369 g/mol. The number of aryl methyl sites for hydroxylation is 1. The molecule has 1 fully saturated rings. The largest absolute Gasteiger partial charge is 0.320 e. The van der Waals surface area contributed by atoms with E-state index >= 15 is 0 Å². The average molecular weight is 370 g/mol. The minimum absolute atomic E-state index is 0.105. The number of nitrogens with one attached hydrogen (secondary N) is 1. The van der Waals surface area contributed by atoms with E-state index in [4.69, 9.17) is 23.2 Å². The molecule has 0 radical (unpaired) electrons. The van der Waals surface area contributed by atoms with Gasteiger partial charge in [0.15, 0.2) is 5.15 Å². The van der Waals surface area contributed by atoms with Crippen molar-refractivity contribution in [2.24, 2.45) is 0 Å². The Kier molecular flexibility index (Phi) is 3.40. The summed E-state index contributed by atoms with van der Waals surface area (Å²) >= 11 is 12.2. The van der Waals surface area contributed by atoms with E-state index < -0.39 is 12.0 Å². The fraction of sp³-hybridized carbons (Fsp3) is 0.267. The number of rotatable bonds is 3. The average Bonchev–Trinajstić information content (AvgIpc) is 3.00. The summed E-state index contributed by atoms with van der Waals surface area (Å²) in [7, 11) is 0. The van der Waals surface area contributed by atoms with E-state index in [0.29, 0.717) is 22.2 Å². The molecule has 0 saturated heterocycles. The zero-order valence-corrected chi connectivity index (χ0v) is 13.9. The molecule has 2 aromatic heterocycles. The summed E-state index contributed by atoms with van der Waals surface area (Å²) in [6.07, 6.45) is 2.76. The highest BCUT2D eigenvalue weighted by molar-refractivity contribution is 6.32. The molecule has 3 aromatic rings. The van der Waals surface area contributed by atoms with Gasteiger partial charge in [0.2, 0.25) is 5.95 Å². The van der Waals surface area contributed by atoms with Gasteiger partial charge >= 0.3 is 0 Å². The number of anilines is 2. The molecule has 0 aliphatic heterocycles. The molecule has 5 nitrogen and oxygen atoms in total. The van der Waals surface area contributed by atoms with Gasteiger partial charge in [0.25, 0.3) is 5.92 Å². The van der Waals surface area contributed by atoms with Crippen molar-refractivity contribution in [1.82, 2.24) is 19.7 Å². The fourth-order valence-electron chi connectivity index (χ4n) is 2.45. The van der Waals surface area contributed by atoms with E-state index in [-0.39, 0.29) is 11.6 Å². The van der Waals surface area contributed by atoms with Gasteiger partial charge in [-0.15, -0.1) is 0 Å². The van der Waals surface area contributed by atoms with Gasteiger partial charge < -0.3 is 5.32 Å². The van der Waals surface area contributed by atoms with Crippen LogP contribution in [0.15, 0.2) is 24.5 Å². The van der Waals surface area contributed by atoms with Gasteiger partial charge in [0.05, 0.1) is 17.4 Å². The topological polar surface area (TPSA) is 55.6 Å². The standard InChI is InChI=1S/C15H11Cl2F2N5/c1-7-2-10-8(3-9(7)16)5-20-14(22-10)23-11-6-21-24(13(11)17)12-4-15(12,18)19/h2-3,5-6,12H,4H2,1H3,(H,20,22,23).